The van der Waals surface area contributed by atoms with Crippen LogP contribution in [0.5, 0.6) is 5.88 Å². The molecule has 4 heteroatoms. The van der Waals surface area contributed by atoms with Gasteiger partial charge in [-0.15, -0.1) is 5.11 Å². The number of rotatable bonds is 2. The van der Waals surface area contributed by atoms with Gasteiger partial charge in [0.1, 0.15) is 0 Å². The van der Waals surface area contributed by atoms with Gasteiger partial charge in [-0.1, -0.05) is 42.5 Å². The summed E-state index contributed by atoms with van der Waals surface area (Å²) in [5.74, 6) is 0.158. The average molecular weight is 317 g/mol. The number of aromatic nitrogens is 1. The van der Waals surface area contributed by atoms with Crippen LogP contribution in [-0.4, -0.2) is 9.67 Å². The molecule has 0 radical (unpaired) electrons. The average Bonchev–Trinajstić information content (AvgIpc) is 2.85. The minimum atomic E-state index is -0.318. The van der Waals surface area contributed by atoms with Gasteiger partial charge >= 0.3 is 0 Å². The zero-order valence-corrected chi connectivity index (χ0v) is 14.0. The third-order valence-corrected chi connectivity index (χ3v) is 4.53. The van der Waals surface area contributed by atoms with Crippen molar-refractivity contribution in [1.29, 1.82) is 0 Å². The minimum absolute atomic E-state index is 0.158. The molecule has 0 bridgehead atoms. The van der Waals surface area contributed by atoms with Crippen molar-refractivity contribution in [3.8, 4) is 5.88 Å². The third-order valence-electron chi connectivity index (χ3n) is 4.53. The van der Waals surface area contributed by atoms with E-state index in [1.807, 2.05) is 47.0 Å². The predicted octanol–water partition coefficient (Wildman–Crippen LogP) is 5.91. The molecule has 4 rings (SSSR count). The van der Waals surface area contributed by atoms with E-state index in [2.05, 4.69) is 43.1 Å². The molecule has 0 unspecified atom stereocenters. The van der Waals surface area contributed by atoms with Crippen LogP contribution in [0.25, 0.3) is 16.5 Å². The van der Waals surface area contributed by atoms with Crippen molar-refractivity contribution < 1.29 is 5.11 Å². The van der Waals surface area contributed by atoms with Gasteiger partial charge in [-0.05, 0) is 38.5 Å². The van der Waals surface area contributed by atoms with Crippen LogP contribution in [0.15, 0.2) is 64.8 Å². The van der Waals surface area contributed by atoms with Crippen molar-refractivity contribution in [2.75, 3.05) is 0 Å². The summed E-state index contributed by atoms with van der Waals surface area (Å²) in [6, 6.07) is 15.6. The largest absolute Gasteiger partial charge is 0.493 e. The third kappa shape index (κ3) is 2.07. The Morgan fingerprint density at radius 2 is 1.71 bits per heavy atom. The van der Waals surface area contributed by atoms with E-state index in [0.717, 1.165) is 22.2 Å². The summed E-state index contributed by atoms with van der Waals surface area (Å²) in [4.78, 5) is 0. The molecule has 0 atom stereocenters. The summed E-state index contributed by atoms with van der Waals surface area (Å²) in [7, 11) is 0. The van der Waals surface area contributed by atoms with Gasteiger partial charge in [0, 0.05) is 10.9 Å². The first-order chi connectivity index (χ1) is 11.5. The van der Waals surface area contributed by atoms with E-state index in [4.69, 9.17) is 0 Å². The van der Waals surface area contributed by atoms with E-state index in [9.17, 15) is 5.11 Å². The summed E-state index contributed by atoms with van der Waals surface area (Å²) < 4.78 is 1.95. The Balaban J connectivity index is 1.97. The molecule has 0 fully saturated rings. The molecule has 0 amide bonds. The number of hydrogen-bond acceptors (Lipinski definition) is 3. The first-order valence-electron chi connectivity index (χ1n) is 8.02. The molecular weight excluding hydrogens is 298 g/mol. The van der Waals surface area contributed by atoms with Crippen molar-refractivity contribution in [2.45, 2.75) is 26.3 Å². The lowest BCUT2D eigenvalue weighted by atomic mass is 9.92. The van der Waals surface area contributed by atoms with E-state index in [-0.39, 0.29) is 11.4 Å². The monoisotopic (exact) mass is 317 g/mol. The van der Waals surface area contributed by atoms with Gasteiger partial charge in [0.25, 0.3) is 0 Å². The van der Waals surface area contributed by atoms with Gasteiger partial charge in [-0.25, -0.2) is 0 Å². The van der Waals surface area contributed by atoms with Crippen LogP contribution in [-0.2, 0) is 5.54 Å². The zero-order valence-electron chi connectivity index (χ0n) is 14.0. The van der Waals surface area contributed by atoms with Gasteiger partial charge in [0.2, 0.25) is 5.88 Å². The molecule has 2 aromatic carbocycles. The molecule has 0 saturated heterocycles. The Morgan fingerprint density at radius 3 is 2.46 bits per heavy atom. The Labute approximate surface area is 140 Å². The van der Waals surface area contributed by atoms with E-state index in [1.165, 1.54) is 5.57 Å². The fourth-order valence-corrected chi connectivity index (χ4v) is 3.56. The van der Waals surface area contributed by atoms with Crippen LogP contribution in [0.4, 0.5) is 11.4 Å². The Kier molecular flexibility index (Phi) is 3.10. The highest BCUT2D eigenvalue weighted by molar-refractivity contribution is 6.02. The number of allylic oxidation sites excluding steroid dienone is 2. The molecule has 0 aliphatic carbocycles. The Morgan fingerprint density at radius 1 is 0.958 bits per heavy atom. The second-order valence-corrected chi connectivity index (χ2v) is 6.73. The van der Waals surface area contributed by atoms with Gasteiger partial charge in [0.05, 0.1) is 16.7 Å². The maximum absolute atomic E-state index is 10.9. The molecule has 0 spiro atoms. The normalized spacial score (nSPS) is 15.9. The summed E-state index contributed by atoms with van der Waals surface area (Å²) in [6.07, 6.45) is 2.17. The highest BCUT2D eigenvalue weighted by atomic mass is 16.3. The minimum Gasteiger partial charge on any atom is -0.493 e. The van der Waals surface area contributed by atoms with Crippen LogP contribution in [0.3, 0.4) is 0 Å². The molecule has 2 heterocycles. The van der Waals surface area contributed by atoms with Crippen molar-refractivity contribution in [2.24, 2.45) is 10.2 Å². The van der Waals surface area contributed by atoms with Crippen LogP contribution < -0.4 is 0 Å². The lowest BCUT2D eigenvalue weighted by molar-refractivity contribution is 0.362. The summed E-state index contributed by atoms with van der Waals surface area (Å²) in [5.41, 5.74) is 4.32. The number of nitrogens with zero attached hydrogens (tertiary/aromatic N) is 3. The topological polar surface area (TPSA) is 49.9 Å². The quantitative estimate of drug-likeness (QED) is 0.586. The van der Waals surface area contributed by atoms with Gasteiger partial charge in [-0.2, -0.15) is 5.11 Å². The van der Waals surface area contributed by atoms with Gasteiger partial charge in [-0.3, -0.25) is 0 Å². The number of hydrogen-bond donors (Lipinski definition) is 1. The molecule has 120 valence electrons. The van der Waals surface area contributed by atoms with E-state index in [1.54, 1.807) is 0 Å². The summed E-state index contributed by atoms with van der Waals surface area (Å²) >= 11 is 0. The Bertz CT molecular complexity index is 995. The van der Waals surface area contributed by atoms with Crippen LogP contribution >= 0.6 is 0 Å². The van der Waals surface area contributed by atoms with Gasteiger partial charge < -0.3 is 9.67 Å². The van der Waals surface area contributed by atoms with E-state index in [0.29, 0.717) is 5.69 Å². The fraction of sp³-hybridized carbons (Fsp3) is 0.200. The van der Waals surface area contributed by atoms with E-state index < -0.39 is 0 Å². The highest BCUT2D eigenvalue weighted by Gasteiger charge is 2.31. The fourth-order valence-electron chi connectivity index (χ4n) is 3.56. The first-order valence-corrected chi connectivity index (χ1v) is 8.02. The highest BCUT2D eigenvalue weighted by Crippen LogP contribution is 2.48. The zero-order chi connectivity index (χ0) is 16.9. The molecule has 1 aliphatic rings. The predicted molar refractivity (Wildman–Crippen MR) is 97.2 cm³/mol. The second kappa shape index (κ2) is 5.06. The van der Waals surface area contributed by atoms with Gasteiger partial charge in [0.15, 0.2) is 5.69 Å². The van der Waals surface area contributed by atoms with Crippen molar-refractivity contribution in [3.63, 3.8) is 0 Å². The SMILES string of the molecule is CC1=CC(C)(C)n2c(O)c(N=Nc3ccccc3)c3cccc1c32. The van der Waals surface area contributed by atoms with Crippen LogP contribution in [0.2, 0.25) is 0 Å². The Hall–Kier alpha value is -2.88. The van der Waals surface area contributed by atoms with Crippen LogP contribution in [0.1, 0.15) is 26.3 Å². The molecule has 1 aromatic heterocycles. The second-order valence-electron chi connectivity index (χ2n) is 6.73. The number of azo groups is 1. The maximum atomic E-state index is 10.9. The molecule has 1 aliphatic heterocycles. The molecule has 3 aromatic rings. The van der Waals surface area contributed by atoms with Crippen LogP contribution in [0, 0.1) is 0 Å². The maximum Gasteiger partial charge on any atom is 0.221 e. The molecule has 1 N–H and O–H groups in total. The van der Waals surface area contributed by atoms with E-state index >= 15 is 0 Å². The lowest BCUT2D eigenvalue weighted by Gasteiger charge is -2.30. The number of para-hydroxylation sites is 1. The molecular formula is C20H19N3O. The number of benzene rings is 2. The summed E-state index contributed by atoms with van der Waals surface area (Å²) in [5, 5.41) is 20.4. The molecule has 0 saturated carbocycles. The van der Waals surface area contributed by atoms with Crippen molar-refractivity contribution >= 4 is 27.9 Å². The van der Waals surface area contributed by atoms with Crippen molar-refractivity contribution in [3.05, 3.63) is 60.2 Å². The first kappa shape index (κ1) is 14.7. The summed E-state index contributed by atoms with van der Waals surface area (Å²) in [6.45, 7) is 6.28. The smallest absolute Gasteiger partial charge is 0.221 e. The molecule has 4 nitrogen and oxygen atoms in total. The standard InChI is InChI=1S/C20H19N3O/c1-13-12-20(2,3)23-18-15(13)10-7-11-16(18)17(19(23)24)22-21-14-8-5-4-6-9-14/h4-12,24H,1-3H3. The van der Waals surface area contributed by atoms with Crippen molar-refractivity contribution in [1.82, 2.24) is 4.57 Å². The lowest BCUT2D eigenvalue weighted by Crippen LogP contribution is -2.26. The molecule has 24 heavy (non-hydrogen) atoms. The number of aromatic hydroxyl groups is 1.